The number of hydrogen-bond donors (Lipinski definition) is 2. The largest absolute Gasteiger partial charge is 0.290 e. The van der Waals surface area contributed by atoms with E-state index in [1.165, 1.54) is 12.1 Å². The van der Waals surface area contributed by atoms with Gasteiger partial charge < -0.3 is 0 Å². The Hall–Kier alpha value is -4.57. The number of hydrogen-bond acceptors (Lipinski definition) is 5. The van der Waals surface area contributed by atoms with E-state index in [1.54, 1.807) is 36.5 Å². The second-order valence-electron chi connectivity index (χ2n) is 7.07. The second-order valence-corrected chi connectivity index (χ2v) is 7.07. The molecule has 4 aromatic rings. The highest BCUT2D eigenvalue weighted by Crippen LogP contribution is 2.24. The van der Waals surface area contributed by atoms with E-state index < -0.39 is 5.56 Å². The predicted molar refractivity (Wildman–Crippen MR) is 123 cm³/mol. The van der Waals surface area contributed by atoms with Gasteiger partial charge in [0.15, 0.2) is 0 Å². The van der Waals surface area contributed by atoms with Crippen molar-refractivity contribution in [2.24, 2.45) is 5.10 Å². The number of hydrazone groups is 1. The highest BCUT2D eigenvalue weighted by molar-refractivity contribution is 5.81. The van der Waals surface area contributed by atoms with Gasteiger partial charge in [0.05, 0.1) is 11.9 Å². The molecule has 6 nitrogen and oxygen atoms in total. The molecule has 0 saturated heterocycles. The van der Waals surface area contributed by atoms with Gasteiger partial charge in [-0.3, -0.25) is 9.78 Å². The molecule has 0 bridgehead atoms. The SMILES string of the molecule is Cc1ccc(F)cc1-c1ccc(C=NNc2nc(-c3ccccc3)c(C#N)c(=O)[nH]2)cc1. The molecule has 0 unspecified atom stereocenters. The van der Waals surface area contributed by atoms with Crippen LogP contribution in [0.5, 0.6) is 0 Å². The highest BCUT2D eigenvalue weighted by Gasteiger charge is 2.12. The van der Waals surface area contributed by atoms with Gasteiger partial charge in [0, 0.05) is 5.56 Å². The fourth-order valence-corrected chi connectivity index (χ4v) is 3.26. The van der Waals surface area contributed by atoms with Gasteiger partial charge in [-0.2, -0.15) is 10.4 Å². The Morgan fingerprint density at radius 3 is 2.53 bits per heavy atom. The standard InChI is InChI=1S/C25H18FN5O/c1-16-7-12-20(26)13-21(16)18-10-8-17(9-11-18)15-28-31-25-29-23(19-5-3-2-4-6-19)22(14-27)24(32)30-25/h2-13,15H,1H3,(H2,29,30,31,32). The third kappa shape index (κ3) is 4.45. The van der Waals surface area contributed by atoms with Crippen molar-refractivity contribution < 1.29 is 4.39 Å². The average molecular weight is 423 g/mol. The molecular weight excluding hydrogens is 405 g/mol. The molecule has 32 heavy (non-hydrogen) atoms. The summed E-state index contributed by atoms with van der Waals surface area (Å²) in [6.45, 7) is 1.93. The van der Waals surface area contributed by atoms with Crippen molar-refractivity contribution in [2.75, 3.05) is 5.43 Å². The Balaban J connectivity index is 1.54. The molecule has 0 atom stereocenters. The summed E-state index contributed by atoms with van der Waals surface area (Å²) in [5.41, 5.74) is 6.55. The lowest BCUT2D eigenvalue weighted by Gasteiger charge is -2.07. The number of nitrogens with zero attached hydrogens (tertiary/aromatic N) is 3. The molecule has 0 fully saturated rings. The number of anilines is 1. The van der Waals surface area contributed by atoms with Crippen LogP contribution in [-0.2, 0) is 0 Å². The third-order valence-corrected chi connectivity index (χ3v) is 4.88. The molecule has 2 N–H and O–H groups in total. The first kappa shape index (κ1) is 20.7. The first-order valence-corrected chi connectivity index (χ1v) is 9.80. The molecule has 1 heterocycles. The summed E-state index contributed by atoms with van der Waals surface area (Å²) in [6, 6.07) is 23.1. The molecule has 7 heteroatoms. The molecule has 0 aliphatic heterocycles. The fourth-order valence-electron chi connectivity index (χ4n) is 3.26. The van der Waals surface area contributed by atoms with Crippen molar-refractivity contribution in [1.82, 2.24) is 9.97 Å². The predicted octanol–water partition coefficient (Wildman–Crippen LogP) is 4.87. The Kier molecular flexibility index (Phi) is 5.86. The number of H-pyrrole nitrogens is 1. The molecule has 4 rings (SSSR count). The van der Waals surface area contributed by atoms with Crippen LogP contribution >= 0.6 is 0 Å². The van der Waals surface area contributed by atoms with Crippen molar-refractivity contribution in [1.29, 1.82) is 5.26 Å². The summed E-state index contributed by atoms with van der Waals surface area (Å²) in [7, 11) is 0. The number of nitriles is 1. The zero-order valence-corrected chi connectivity index (χ0v) is 17.1. The van der Waals surface area contributed by atoms with Crippen LogP contribution in [0, 0.1) is 24.1 Å². The van der Waals surface area contributed by atoms with E-state index in [4.69, 9.17) is 0 Å². The summed E-state index contributed by atoms with van der Waals surface area (Å²) in [5.74, 6) is -0.157. The van der Waals surface area contributed by atoms with E-state index in [-0.39, 0.29) is 23.0 Å². The van der Waals surface area contributed by atoms with E-state index in [1.807, 2.05) is 43.3 Å². The number of aromatic nitrogens is 2. The average Bonchev–Trinajstić information content (AvgIpc) is 2.81. The van der Waals surface area contributed by atoms with Gasteiger partial charge in [0.2, 0.25) is 5.95 Å². The van der Waals surface area contributed by atoms with Gasteiger partial charge in [0.25, 0.3) is 5.56 Å². The van der Waals surface area contributed by atoms with E-state index in [0.717, 1.165) is 22.3 Å². The summed E-state index contributed by atoms with van der Waals surface area (Å²) in [6.07, 6.45) is 1.57. The van der Waals surface area contributed by atoms with Gasteiger partial charge in [-0.05, 0) is 41.3 Å². The van der Waals surface area contributed by atoms with Crippen LogP contribution in [0.15, 0.2) is 82.7 Å². The number of aromatic amines is 1. The Labute approximate surface area is 183 Å². The molecule has 156 valence electrons. The molecule has 0 amide bonds. The van der Waals surface area contributed by atoms with E-state index in [0.29, 0.717) is 5.56 Å². The Morgan fingerprint density at radius 1 is 1.06 bits per heavy atom. The molecule has 0 spiro atoms. The first-order chi connectivity index (χ1) is 15.5. The van der Waals surface area contributed by atoms with Gasteiger partial charge in [0.1, 0.15) is 17.4 Å². The van der Waals surface area contributed by atoms with Gasteiger partial charge in [-0.1, -0.05) is 60.7 Å². The van der Waals surface area contributed by atoms with Crippen molar-refractivity contribution in [3.8, 4) is 28.5 Å². The zero-order chi connectivity index (χ0) is 22.5. The van der Waals surface area contributed by atoms with Crippen molar-refractivity contribution in [3.63, 3.8) is 0 Å². The van der Waals surface area contributed by atoms with Crippen LogP contribution in [-0.4, -0.2) is 16.2 Å². The highest BCUT2D eigenvalue weighted by atomic mass is 19.1. The minimum atomic E-state index is -0.547. The molecule has 1 aromatic heterocycles. The van der Waals surface area contributed by atoms with Crippen molar-refractivity contribution in [3.05, 3.63) is 106 Å². The van der Waals surface area contributed by atoms with Gasteiger partial charge in [-0.25, -0.2) is 14.8 Å². The van der Waals surface area contributed by atoms with Crippen LogP contribution < -0.4 is 11.0 Å². The van der Waals surface area contributed by atoms with E-state index in [9.17, 15) is 14.4 Å². The van der Waals surface area contributed by atoms with E-state index >= 15 is 0 Å². The topological polar surface area (TPSA) is 93.9 Å². The molecular formula is C25H18FN5O. The molecule has 0 radical (unpaired) electrons. The summed E-state index contributed by atoms with van der Waals surface area (Å²) < 4.78 is 13.6. The number of rotatable bonds is 5. The van der Waals surface area contributed by atoms with Gasteiger partial charge >= 0.3 is 0 Å². The number of benzene rings is 3. The Bertz CT molecular complexity index is 1390. The summed E-state index contributed by atoms with van der Waals surface area (Å²) >= 11 is 0. The van der Waals surface area contributed by atoms with Gasteiger partial charge in [-0.15, -0.1) is 0 Å². The first-order valence-electron chi connectivity index (χ1n) is 9.80. The quantitative estimate of drug-likeness (QED) is 0.354. The van der Waals surface area contributed by atoms with Crippen LogP contribution in [0.2, 0.25) is 0 Å². The maximum absolute atomic E-state index is 13.6. The normalized spacial score (nSPS) is 10.8. The second kappa shape index (κ2) is 9.06. The van der Waals surface area contributed by atoms with Crippen LogP contribution in [0.4, 0.5) is 10.3 Å². The number of nitrogens with one attached hydrogen (secondary N) is 2. The lowest BCUT2D eigenvalue weighted by atomic mass is 9.99. The molecule has 0 saturated carbocycles. The summed E-state index contributed by atoms with van der Waals surface area (Å²) in [4.78, 5) is 19.1. The number of halogens is 1. The van der Waals surface area contributed by atoms with Crippen LogP contribution in [0.3, 0.4) is 0 Å². The van der Waals surface area contributed by atoms with Crippen molar-refractivity contribution in [2.45, 2.75) is 6.92 Å². The van der Waals surface area contributed by atoms with Crippen molar-refractivity contribution >= 4 is 12.2 Å². The zero-order valence-electron chi connectivity index (χ0n) is 17.1. The minimum Gasteiger partial charge on any atom is -0.290 e. The smallest absolute Gasteiger partial charge is 0.270 e. The van der Waals surface area contributed by atoms with Crippen LogP contribution in [0.25, 0.3) is 22.4 Å². The van der Waals surface area contributed by atoms with Crippen LogP contribution in [0.1, 0.15) is 16.7 Å². The minimum absolute atomic E-state index is 0.0611. The number of aryl methyl sites for hydroxylation is 1. The lowest BCUT2D eigenvalue weighted by Crippen LogP contribution is -2.16. The fraction of sp³-hybridized carbons (Fsp3) is 0.0400. The third-order valence-electron chi connectivity index (χ3n) is 4.88. The maximum Gasteiger partial charge on any atom is 0.270 e. The maximum atomic E-state index is 13.6. The molecule has 3 aromatic carbocycles. The molecule has 0 aliphatic rings. The lowest BCUT2D eigenvalue weighted by molar-refractivity contribution is 0.628. The summed E-state index contributed by atoms with van der Waals surface area (Å²) in [5, 5.41) is 13.5. The Morgan fingerprint density at radius 2 is 1.81 bits per heavy atom. The molecule has 0 aliphatic carbocycles. The monoisotopic (exact) mass is 423 g/mol. The van der Waals surface area contributed by atoms with E-state index in [2.05, 4.69) is 20.5 Å².